The third-order valence-electron chi connectivity index (χ3n) is 2.29. The van der Waals surface area contributed by atoms with E-state index < -0.39 is 0 Å². The number of hydrogen-bond donors (Lipinski definition) is 1. The average Bonchev–Trinajstić information content (AvgIpc) is 2.62. The van der Waals surface area contributed by atoms with Gasteiger partial charge in [-0.2, -0.15) is 0 Å². The van der Waals surface area contributed by atoms with Crippen LogP contribution in [0, 0.1) is 0 Å². The maximum Gasteiger partial charge on any atom is 0.137 e. The number of phenols is 1. The first kappa shape index (κ1) is 9.80. The molecule has 1 heterocycles. The number of aromatic hydroxyl groups is 1. The van der Waals surface area contributed by atoms with Crippen LogP contribution in [0.3, 0.4) is 0 Å². The van der Waals surface area contributed by atoms with Crippen LogP contribution in [0.1, 0.15) is 11.1 Å². The van der Waals surface area contributed by atoms with E-state index in [-0.39, 0.29) is 5.75 Å². The number of rotatable bonds is 2. The highest BCUT2D eigenvalue weighted by atomic mass is 79.9. The highest BCUT2D eigenvalue weighted by molar-refractivity contribution is 9.10. The summed E-state index contributed by atoms with van der Waals surface area (Å²) < 4.78 is 11.1. The van der Waals surface area contributed by atoms with Crippen molar-refractivity contribution < 1.29 is 14.6 Å². The van der Waals surface area contributed by atoms with Crippen molar-refractivity contribution >= 4 is 15.9 Å². The summed E-state index contributed by atoms with van der Waals surface area (Å²) >= 11 is 3.35. The van der Waals surface area contributed by atoms with Gasteiger partial charge in [0.2, 0.25) is 0 Å². The number of phenolic OH excluding ortho intramolecular Hbond substituents is 1. The lowest BCUT2D eigenvalue weighted by Gasteiger charge is -2.09. The molecule has 1 aromatic rings. The molecule has 0 unspecified atom stereocenters. The van der Waals surface area contributed by atoms with Gasteiger partial charge in [0.05, 0.1) is 17.7 Å². The van der Waals surface area contributed by atoms with Crippen molar-refractivity contribution in [3.05, 3.63) is 21.7 Å². The van der Waals surface area contributed by atoms with Gasteiger partial charge in [-0.1, -0.05) is 0 Å². The van der Waals surface area contributed by atoms with Crippen molar-refractivity contribution in [1.82, 2.24) is 0 Å². The molecular weight excluding hydrogens is 248 g/mol. The van der Waals surface area contributed by atoms with Gasteiger partial charge in [-0.3, -0.25) is 0 Å². The Balaban J connectivity index is 2.49. The summed E-state index contributed by atoms with van der Waals surface area (Å²) in [5.41, 5.74) is 1.79. The second kappa shape index (κ2) is 3.79. The Morgan fingerprint density at radius 2 is 2.43 bits per heavy atom. The molecule has 1 aliphatic rings. The minimum atomic E-state index is 0.284. The van der Waals surface area contributed by atoms with Crippen molar-refractivity contribution in [2.24, 2.45) is 0 Å². The van der Waals surface area contributed by atoms with E-state index in [0.29, 0.717) is 17.7 Å². The molecule has 1 N–H and O–H groups in total. The van der Waals surface area contributed by atoms with Gasteiger partial charge in [-0.05, 0) is 27.6 Å². The third kappa shape index (κ3) is 1.48. The van der Waals surface area contributed by atoms with Gasteiger partial charge in [0.1, 0.15) is 11.5 Å². The van der Waals surface area contributed by atoms with Crippen molar-refractivity contribution in [2.75, 3.05) is 13.7 Å². The van der Waals surface area contributed by atoms with Gasteiger partial charge >= 0.3 is 0 Å². The Kier molecular flexibility index (Phi) is 2.65. The van der Waals surface area contributed by atoms with E-state index in [0.717, 1.165) is 23.3 Å². The molecule has 1 aromatic carbocycles. The third-order valence-corrected chi connectivity index (χ3v) is 3.17. The summed E-state index contributed by atoms with van der Waals surface area (Å²) in [6.45, 7) is 1.11. The smallest absolute Gasteiger partial charge is 0.137 e. The lowest BCUT2D eigenvalue weighted by Crippen LogP contribution is -1.92. The Morgan fingerprint density at radius 3 is 3.14 bits per heavy atom. The molecule has 0 fully saturated rings. The molecule has 0 bridgehead atoms. The fourth-order valence-electron chi connectivity index (χ4n) is 1.60. The summed E-state index contributed by atoms with van der Waals surface area (Å²) in [6, 6.07) is 1.91. The number of methoxy groups -OCH3 is 1. The van der Waals surface area contributed by atoms with Crippen LogP contribution >= 0.6 is 15.9 Å². The number of fused-ring (bicyclic) bond motifs is 1. The van der Waals surface area contributed by atoms with E-state index >= 15 is 0 Å². The van der Waals surface area contributed by atoms with Gasteiger partial charge in [-0.25, -0.2) is 0 Å². The molecule has 14 heavy (non-hydrogen) atoms. The second-order valence-corrected chi connectivity index (χ2v) is 4.00. The number of benzene rings is 1. The molecule has 0 saturated heterocycles. The van der Waals surface area contributed by atoms with Crippen molar-refractivity contribution in [2.45, 2.75) is 13.0 Å². The van der Waals surface area contributed by atoms with Crippen molar-refractivity contribution in [1.29, 1.82) is 0 Å². The topological polar surface area (TPSA) is 38.7 Å². The second-order valence-electron chi connectivity index (χ2n) is 3.21. The van der Waals surface area contributed by atoms with Crippen LogP contribution in [0.2, 0.25) is 0 Å². The van der Waals surface area contributed by atoms with Gasteiger partial charge in [0, 0.05) is 19.1 Å². The minimum absolute atomic E-state index is 0.284. The molecule has 0 amide bonds. The first-order valence-corrected chi connectivity index (χ1v) is 5.18. The standard InChI is InChI=1S/C10H11BrO3/c1-13-5-6-4-8-7(2-3-14-8)10(12)9(6)11/h4,12H,2-3,5H2,1H3. The average molecular weight is 259 g/mol. The SMILES string of the molecule is COCc1cc2c(c(O)c1Br)CCO2. The molecule has 0 aromatic heterocycles. The Morgan fingerprint density at radius 1 is 1.64 bits per heavy atom. The molecular formula is C10H11BrO3. The first-order chi connectivity index (χ1) is 6.74. The Labute approximate surface area is 90.8 Å². The molecule has 0 saturated carbocycles. The largest absolute Gasteiger partial charge is 0.506 e. The summed E-state index contributed by atoms with van der Waals surface area (Å²) in [4.78, 5) is 0. The van der Waals surface area contributed by atoms with Gasteiger partial charge in [0.25, 0.3) is 0 Å². The first-order valence-electron chi connectivity index (χ1n) is 4.39. The summed E-state index contributed by atoms with van der Waals surface area (Å²) in [7, 11) is 1.62. The predicted octanol–water partition coefficient (Wildman–Crippen LogP) is 2.24. The van der Waals surface area contributed by atoms with Crippen LogP contribution < -0.4 is 4.74 Å². The normalized spacial score (nSPS) is 13.9. The van der Waals surface area contributed by atoms with Crippen LogP contribution in [0.25, 0.3) is 0 Å². The van der Waals surface area contributed by atoms with E-state index in [1.54, 1.807) is 7.11 Å². The number of ether oxygens (including phenoxy) is 2. The summed E-state index contributed by atoms with van der Waals surface area (Å²) in [6.07, 6.45) is 0.771. The van der Waals surface area contributed by atoms with E-state index in [2.05, 4.69) is 15.9 Å². The quantitative estimate of drug-likeness (QED) is 0.885. The van der Waals surface area contributed by atoms with Gasteiger partial charge < -0.3 is 14.6 Å². The highest BCUT2D eigenvalue weighted by Crippen LogP contribution is 2.40. The van der Waals surface area contributed by atoms with Crippen molar-refractivity contribution in [3.8, 4) is 11.5 Å². The molecule has 0 atom stereocenters. The zero-order chi connectivity index (χ0) is 10.1. The number of hydrogen-bond acceptors (Lipinski definition) is 3. The minimum Gasteiger partial charge on any atom is -0.506 e. The summed E-state index contributed by atoms with van der Waals surface area (Å²) in [5, 5.41) is 9.84. The van der Waals surface area contributed by atoms with E-state index in [9.17, 15) is 5.11 Å². The molecule has 4 heteroatoms. The van der Waals surface area contributed by atoms with E-state index in [4.69, 9.17) is 9.47 Å². The lowest BCUT2D eigenvalue weighted by molar-refractivity contribution is 0.183. The summed E-state index contributed by atoms with van der Waals surface area (Å²) in [5.74, 6) is 1.06. The molecule has 3 nitrogen and oxygen atoms in total. The molecule has 0 spiro atoms. The van der Waals surface area contributed by atoms with Crippen LogP contribution in [-0.2, 0) is 17.8 Å². The molecule has 1 aliphatic heterocycles. The van der Waals surface area contributed by atoms with Crippen LogP contribution in [0.4, 0.5) is 0 Å². The van der Waals surface area contributed by atoms with E-state index in [1.165, 1.54) is 0 Å². The Hall–Kier alpha value is -0.740. The fraction of sp³-hybridized carbons (Fsp3) is 0.400. The predicted molar refractivity (Wildman–Crippen MR) is 55.7 cm³/mol. The maximum atomic E-state index is 9.84. The highest BCUT2D eigenvalue weighted by Gasteiger charge is 2.20. The fourth-order valence-corrected chi connectivity index (χ4v) is 2.07. The molecule has 2 rings (SSSR count). The maximum absolute atomic E-state index is 9.84. The molecule has 0 radical (unpaired) electrons. The van der Waals surface area contributed by atoms with Crippen molar-refractivity contribution in [3.63, 3.8) is 0 Å². The van der Waals surface area contributed by atoms with Gasteiger partial charge in [-0.15, -0.1) is 0 Å². The molecule has 76 valence electrons. The monoisotopic (exact) mass is 258 g/mol. The van der Waals surface area contributed by atoms with Crippen LogP contribution in [-0.4, -0.2) is 18.8 Å². The van der Waals surface area contributed by atoms with Crippen LogP contribution in [0.15, 0.2) is 10.5 Å². The lowest BCUT2D eigenvalue weighted by atomic mass is 10.1. The number of halogens is 1. The Bertz CT molecular complexity index is 363. The van der Waals surface area contributed by atoms with Crippen LogP contribution in [0.5, 0.6) is 11.5 Å². The zero-order valence-electron chi connectivity index (χ0n) is 7.84. The zero-order valence-corrected chi connectivity index (χ0v) is 9.43. The van der Waals surface area contributed by atoms with E-state index in [1.807, 2.05) is 6.07 Å². The van der Waals surface area contributed by atoms with Gasteiger partial charge in [0.15, 0.2) is 0 Å². The molecule has 0 aliphatic carbocycles.